The third kappa shape index (κ3) is 3.92. The Morgan fingerprint density at radius 1 is 1.43 bits per heavy atom. The van der Waals surface area contributed by atoms with Crippen LogP contribution in [-0.4, -0.2) is 40.8 Å². The zero-order chi connectivity index (χ0) is 14.7. The van der Waals surface area contributed by atoms with Crippen molar-refractivity contribution in [3.05, 3.63) is 29.6 Å². The first-order chi connectivity index (χ1) is 9.52. The number of piperidine rings is 1. The maximum atomic E-state index is 12.5. The average Bonchev–Trinajstić information content (AvgIpc) is 2.46. The molecule has 0 radical (unpaired) electrons. The Bertz CT molecular complexity index is 506. The van der Waals surface area contributed by atoms with Crippen molar-refractivity contribution in [3.8, 4) is 0 Å². The van der Waals surface area contributed by atoms with E-state index in [2.05, 4.69) is 11.9 Å². The predicted molar refractivity (Wildman–Crippen MR) is 82.3 cm³/mol. The first-order valence-corrected chi connectivity index (χ1v) is 6.79. The highest BCUT2D eigenvalue weighted by molar-refractivity contribution is 5.96. The number of pyridine rings is 1. The molecule has 1 aliphatic heterocycles. The second-order valence-corrected chi connectivity index (χ2v) is 5.31. The summed E-state index contributed by atoms with van der Waals surface area (Å²) in [5, 5.41) is 0. The van der Waals surface area contributed by atoms with E-state index >= 15 is 0 Å². The van der Waals surface area contributed by atoms with E-state index in [0.717, 1.165) is 12.8 Å². The van der Waals surface area contributed by atoms with Crippen molar-refractivity contribution in [3.63, 3.8) is 0 Å². The minimum atomic E-state index is -0.601. The number of nitrogens with zero attached hydrogens (tertiary/aromatic N) is 2. The van der Waals surface area contributed by atoms with Crippen molar-refractivity contribution < 1.29 is 9.59 Å². The summed E-state index contributed by atoms with van der Waals surface area (Å²) in [6, 6.07) is 3.13. The van der Waals surface area contributed by atoms with Gasteiger partial charge in [-0.2, -0.15) is 0 Å². The summed E-state index contributed by atoms with van der Waals surface area (Å²) < 4.78 is 0. The summed E-state index contributed by atoms with van der Waals surface area (Å²) in [6.07, 6.45) is 3.30. The fraction of sp³-hybridized carbons (Fsp3) is 0.500. The van der Waals surface area contributed by atoms with E-state index in [1.165, 1.54) is 12.3 Å². The van der Waals surface area contributed by atoms with E-state index in [4.69, 9.17) is 11.5 Å². The topological polar surface area (TPSA) is 102 Å². The lowest BCUT2D eigenvalue weighted by Crippen LogP contribution is -2.49. The third-order valence-corrected chi connectivity index (χ3v) is 3.77. The fourth-order valence-corrected chi connectivity index (χ4v) is 2.57. The van der Waals surface area contributed by atoms with Crippen molar-refractivity contribution in [1.29, 1.82) is 0 Å². The van der Waals surface area contributed by atoms with Crippen molar-refractivity contribution >= 4 is 24.2 Å². The van der Waals surface area contributed by atoms with Gasteiger partial charge in [-0.25, -0.2) is 0 Å². The van der Waals surface area contributed by atoms with Gasteiger partial charge >= 0.3 is 0 Å². The number of hydrogen-bond donors (Lipinski definition) is 2. The molecule has 2 atom stereocenters. The maximum Gasteiger partial charge on any atom is 0.267 e. The quantitative estimate of drug-likeness (QED) is 0.861. The van der Waals surface area contributed by atoms with E-state index in [-0.39, 0.29) is 30.0 Å². The number of amides is 2. The molecule has 116 valence electrons. The van der Waals surface area contributed by atoms with Gasteiger partial charge in [-0.15, -0.1) is 12.4 Å². The first kappa shape index (κ1) is 17.4. The lowest BCUT2D eigenvalue weighted by molar-refractivity contribution is 0.0573. The monoisotopic (exact) mass is 312 g/mol. The SMILES string of the molecule is CC1CCN(C(=O)c2ccc(C(N)=O)nc2)C(CN)C1.Cl. The normalized spacial score (nSPS) is 21.5. The molecule has 1 aromatic rings. The molecule has 1 saturated heterocycles. The van der Waals surface area contributed by atoms with Crippen LogP contribution in [-0.2, 0) is 0 Å². The fourth-order valence-electron chi connectivity index (χ4n) is 2.57. The van der Waals surface area contributed by atoms with Gasteiger partial charge in [0.15, 0.2) is 0 Å². The number of carbonyl (C=O) groups is 2. The summed E-state index contributed by atoms with van der Waals surface area (Å²) in [6.45, 7) is 3.34. The summed E-state index contributed by atoms with van der Waals surface area (Å²) >= 11 is 0. The van der Waals surface area contributed by atoms with Gasteiger partial charge in [-0.1, -0.05) is 6.92 Å². The molecule has 0 aliphatic carbocycles. The molecule has 0 aromatic carbocycles. The smallest absolute Gasteiger partial charge is 0.267 e. The summed E-state index contributed by atoms with van der Waals surface area (Å²) in [5.41, 5.74) is 11.5. The molecule has 2 amide bonds. The highest BCUT2D eigenvalue weighted by atomic mass is 35.5. The molecular weight excluding hydrogens is 292 g/mol. The second kappa shape index (κ2) is 7.38. The zero-order valence-electron chi connectivity index (χ0n) is 12.0. The number of nitrogens with two attached hydrogens (primary N) is 2. The Hall–Kier alpha value is -1.66. The van der Waals surface area contributed by atoms with Gasteiger partial charge in [0.25, 0.3) is 11.8 Å². The first-order valence-electron chi connectivity index (χ1n) is 6.79. The molecule has 1 fully saturated rings. The van der Waals surface area contributed by atoms with Gasteiger partial charge in [0.05, 0.1) is 5.56 Å². The lowest BCUT2D eigenvalue weighted by atomic mass is 9.92. The zero-order valence-corrected chi connectivity index (χ0v) is 12.8. The molecule has 7 heteroatoms. The number of likely N-dealkylation sites (tertiary alicyclic amines) is 1. The molecule has 2 rings (SSSR count). The Morgan fingerprint density at radius 2 is 2.14 bits per heavy atom. The van der Waals surface area contributed by atoms with Crippen LogP contribution in [0, 0.1) is 5.92 Å². The molecule has 6 nitrogen and oxygen atoms in total. The van der Waals surface area contributed by atoms with Crippen molar-refractivity contribution in [1.82, 2.24) is 9.88 Å². The van der Waals surface area contributed by atoms with E-state index in [1.807, 2.05) is 0 Å². The Labute approximate surface area is 130 Å². The molecule has 2 heterocycles. The van der Waals surface area contributed by atoms with Crippen LogP contribution in [0.25, 0.3) is 0 Å². The van der Waals surface area contributed by atoms with E-state index in [9.17, 15) is 9.59 Å². The molecule has 1 aromatic heterocycles. The molecule has 0 saturated carbocycles. The van der Waals surface area contributed by atoms with E-state index in [1.54, 1.807) is 11.0 Å². The Balaban J connectivity index is 0.00000220. The molecule has 4 N–H and O–H groups in total. The molecule has 21 heavy (non-hydrogen) atoms. The summed E-state index contributed by atoms with van der Waals surface area (Å²) in [5.74, 6) is -0.102. The van der Waals surface area contributed by atoms with Gasteiger partial charge in [-0.3, -0.25) is 14.6 Å². The van der Waals surface area contributed by atoms with Crippen LogP contribution in [0.5, 0.6) is 0 Å². The number of aromatic nitrogens is 1. The van der Waals surface area contributed by atoms with Gasteiger partial charge < -0.3 is 16.4 Å². The van der Waals surface area contributed by atoms with Crippen LogP contribution in [0.1, 0.15) is 40.6 Å². The van der Waals surface area contributed by atoms with Crippen molar-refractivity contribution in [2.24, 2.45) is 17.4 Å². The van der Waals surface area contributed by atoms with Crippen LogP contribution < -0.4 is 11.5 Å². The highest BCUT2D eigenvalue weighted by Crippen LogP contribution is 2.23. The van der Waals surface area contributed by atoms with Crippen LogP contribution in [0.4, 0.5) is 0 Å². The number of primary amides is 1. The standard InChI is InChI=1S/C14H20N4O2.ClH/c1-9-4-5-18(11(6-9)7-15)14(20)10-2-3-12(13(16)19)17-8-10;/h2-3,8-9,11H,4-7,15H2,1H3,(H2,16,19);1H. The number of rotatable bonds is 3. The van der Waals surface area contributed by atoms with Crippen LogP contribution in [0.3, 0.4) is 0 Å². The number of halogens is 1. The molecule has 2 unspecified atom stereocenters. The Morgan fingerprint density at radius 3 is 2.67 bits per heavy atom. The lowest BCUT2D eigenvalue weighted by Gasteiger charge is -2.38. The van der Waals surface area contributed by atoms with Crippen LogP contribution >= 0.6 is 12.4 Å². The van der Waals surface area contributed by atoms with Gasteiger partial charge in [0.2, 0.25) is 0 Å². The van der Waals surface area contributed by atoms with Gasteiger partial charge in [-0.05, 0) is 30.9 Å². The highest BCUT2D eigenvalue weighted by Gasteiger charge is 2.29. The molecule has 0 bridgehead atoms. The maximum absolute atomic E-state index is 12.5. The van der Waals surface area contributed by atoms with Crippen molar-refractivity contribution in [2.75, 3.05) is 13.1 Å². The van der Waals surface area contributed by atoms with E-state index in [0.29, 0.717) is 24.6 Å². The third-order valence-electron chi connectivity index (χ3n) is 3.77. The summed E-state index contributed by atoms with van der Waals surface area (Å²) in [4.78, 5) is 29.2. The summed E-state index contributed by atoms with van der Waals surface area (Å²) in [7, 11) is 0. The average molecular weight is 313 g/mol. The van der Waals surface area contributed by atoms with Crippen LogP contribution in [0.15, 0.2) is 18.3 Å². The predicted octanol–water partition coefficient (Wildman–Crippen LogP) is 0.802. The van der Waals surface area contributed by atoms with E-state index < -0.39 is 5.91 Å². The largest absolute Gasteiger partial charge is 0.364 e. The minimum Gasteiger partial charge on any atom is -0.364 e. The van der Waals surface area contributed by atoms with Gasteiger partial charge in [0, 0.05) is 25.3 Å². The molecule has 1 aliphatic rings. The minimum absolute atomic E-state index is 0. The molecular formula is C14H21ClN4O2. The second-order valence-electron chi connectivity index (χ2n) is 5.31. The number of carbonyl (C=O) groups excluding carboxylic acids is 2. The van der Waals surface area contributed by atoms with Crippen LogP contribution in [0.2, 0.25) is 0 Å². The number of hydrogen-bond acceptors (Lipinski definition) is 4. The van der Waals surface area contributed by atoms with Crippen molar-refractivity contribution in [2.45, 2.75) is 25.8 Å². The Kier molecular flexibility index (Phi) is 6.11. The molecule has 0 spiro atoms. The van der Waals surface area contributed by atoms with Gasteiger partial charge in [0.1, 0.15) is 5.69 Å².